The summed E-state index contributed by atoms with van der Waals surface area (Å²) in [7, 11) is 7.77. The molecule has 0 spiro atoms. The fourth-order valence-corrected chi connectivity index (χ4v) is 3.89. The second-order valence-electron chi connectivity index (χ2n) is 8.48. The van der Waals surface area contributed by atoms with Crippen LogP contribution in [0.1, 0.15) is 35.8 Å². The lowest BCUT2D eigenvalue weighted by molar-refractivity contribution is -0.133. The summed E-state index contributed by atoms with van der Waals surface area (Å²) in [5.41, 5.74) is 1.94. The van der Waals surface area contributed by atoms with Crippen LogP contribution in [0.15, 0.2) is 30.3 Å². The van der Waals surface area contributed by atoms with Gasteiger partial charge in [0.05, 0.1) is 12.2 Å². The fraction of sp³-hybridized carbons (Fsp3) is 0.522. The van der Waals surface area contributed by atoms with Crippen molar-refractivity contribution in [3.05, 3.63) is 53.2 Å². The third kappa shape index (κ3) is 6.45. The van der Waals surface area contributed by atoms with E-state index in [4.69, 9.17) is 9.97 Å². The summed E-state index contributed by atoms with van der Waals surface area (Å²) in [6.07, 6.45) is 1.92. The van der Waals surface area contributed by atoms with Crippen LogP contribution in [0.4, 0.5) is 10.2 Å². The Morgan fingerprint density at radius 2 is 1.97 bits per heavy atom. The maximum absolute atomic E-state index is 13.1. The summed E-state index contributed by atoms with van der Waals surface area (Å²) in [6.45, 7) is 3.01. The van der Waals surface area contributed by atoms with Crippen LogP contribution in [0.3, 0.4) is 0 Å². The fourth-order valence-electron chi connectivity index (χ4n) is 3.89. The molecule has 1 aliphatic rings. The topological polar surface area (TPSA) is 64.6 Å². The Kier molecular flexibility index (Phi) is 7.92. The van der Waals surface area contributed by atoms with Crippen molar-refractivity contribution in [2.45, 2.75) is 31.8 Å². The number of hydrogen-bond donors (Lipinski definition) is 1. The number of rotatable bonds is 8. The molecule has 1 aliphatic heterocycles. The molecule has 168 valence electrons. The molecule has 1 amide bonds. The lowest BCUT2D eigenvalue weighted by Gasteiger charge is -2.33. The number of anilines is 1. The highest BCUT2D eigenvalue weighted by molar-refractivity contribution is 5.78. The number of hydrogen-bond acceptors (Lipinski definition) is 6. The van der Waals surface area contributed by atoms with Crippen LogP contribution in [0, 0.1) is 5.82 Å². The van der Waals surface area contributed by atoms with Gasteiger partial charge in [-0.25, -0.2) is 14.4 Å². The Labute approximate surface area is 184 Å². The molecular weight excluding hydrogens is 395 g/mol. The lowest BCUT2D eigenvalue weighted by Crippen LogP contribution is -2.44. The summed E-state index contributed by atoms with van der Waals surface area (Å²) in [5.74, 6) is 1.69. The molecule has 0 aliphatic carbocycles. The number of aromatic nitrogens is 2. The number of carbonyl (C=O) groups excluding carboxylic acids is 1. The number of nitrogens with zero attached hydrogens (tertiary/aromatic N) is 5. The van der Waals surface area contributed by atoms with Gasteiger partial charge in [0.2, 0.25) is 5.91 Å². The van der Waals surface area contributed by atoms with E-state index in [-0.39, 0.29) is 17.6 Å². The van der Waals surface area contributed by atoms with Crippen LogP contribution >= 0.6 is 0 Å². The van der Waals surface area contributed by atoms with Crippen LogP contribution < -0.4 is 10.2 Å². The number of amides is 1. The predicted octanol–water partition coefficient (Wildman–Crippen LogP) is 2.24. The Morgan fingerprint density at radius 1 is 1.23 bits per heavy atom. The summed E-state index contributed by atoms with van der Waals surface area (Å²) in [6, 6.07) is 8.40. The minimum Gasteiger partial charge on any atom is -0.363 e. The third-order valence-electron chi connectivity index (χ3n) is 5.51. The summed E-state index contributed by atoms with van der Waals surface area (Å²) in [5, 5.41) is 3.15. The molecule has 3 rings (SSSR count). The molecule has 1 saturated heterocycles. The summed E-state index contributed by atoms with van der Waals surface area (Å²) in [4.78, 5) is 28.4. The highest BCUT2D eigenvalue weighted by Gasteiger charge is 2.27. The van der Waals surface area contributed by atoms with Crippen LogP contribution in [0.25, 0.3) is 0 Å². The molecular formula is C23H33FN6O. The monoisotopic (exact) mass is 428 g/mol. The molecule has 8 heteroatoms. The minimum absolute atomic E-state index is 0.105. The van der Waals surface area contributed by atoms with E-state index in [2.05, 4.69) is 5.32 Å². The average molecular weight is 429 g/mol. The molecule has 31 heavy (non-hydrogen) atoms. The van der Waals surface area contributed by atoms with Gasteiger partial charge in [0, 0.05) is 52.3 Å². The van der Waals surface area contributed by atoms with Gasteiger partial charge >= 0.3 is 0 Å². The second-order valence-corrected chi connectivity index (χ2v) is 8.48. The Balaban J connectivity index is 1.64. The van der Waals surface area contributed by atoms with Gasteiger partial charge < -0.3 is 15.1 Å². The SMILES string of the molecule is CNCc1cc(N(C)C)nc([C@H]2CCCN(C(=O)CN(C)Cc3ccc(F)cc3)C2)n1. The highest BCUT2D eigenvalue weighted by atomic mass is 19.1. The van der Waals surface area contributed by atoms with Crippen molar-refractivity contribution in [3.8, 4) is 0 Å². The Morgan fingerprint density at radius 3 is 2.65 bits per heavy atom. The van der Waals surface area contributed by atoms with Crippen LogP contribution in [0.2, 0.25) is 0 Å². The maximum atomic E-state index is 13.1. The van der Waals surface area contributed by atoms with Crippen molar-refractivity contribution in [3.63, 3.8) is 0 Å². The van der Waals surface area contributed by atoms with E-state index in [1.165, 1.54) is 12.1 Å². The van der Waals surface area contributed by atoms with E-state index >= 15 is 0 Å². The van der Waals surface area contributed by atoms with Crippen molar-refractivity contribution in [1.82, 2.24) is 25.1 Å². The molecule has 2 heterocycles. The number of likely N-dealkylation sites (N-methyl/N-ethyl adjacent to an activating group) is 1. The summed E-state index contributed by atoms with van der Waals surface area (Å²) >= 11 is 0. The average Bonchev–Trinajstić information content (AvgIpc) is 2.75. The first-order valence-corrected chi connectivity index (χ1v) is 10.8. The second kappa shape index (κ2) is 10.6. The van der Waals surface area contributed by atoms with Gasteiger partial charge in [-0.15, -0.1) is 0 Å². The van der Waals surface area contributed by atoms with Crippen molar-refractivity contribution in [2.24, 2.45) is 0 Å². The zero-order valence-corrected chi connectivity index (χ0v) is 18.9. The quantitative estimate of drug-likeness (QED) is 0.696. The predicted molar refractivity (Wildman–Crippen MR) is 120 cm³/mol. The van der Waals surface area contributed by atoms with E-state index in [0.717, 1.165) is 42.3 Å². The molecule has 0 unspecified atom stereocenters. The largest absolute Gasteiger partial charge is 0.363 e. The molecule has 1 aromatic carbocycles. The molecule has 1 N–H and O–H groups in total. The standard InChI is InChI=1S/C23H33FN6O/c1-25-13-20-12-21(28(2)3)27-23(26-20)18-6-5-11-30(15-18)22(31)16-29(4)14-17-7-9-19(24)10-8-17/h7-10,12,18,25H,5-6,11,13-16H2,1-4H3/t18-/m0/s1. The zero-order chi connectivity index (χ0) is 22.4. The van der Waals surface area contributed by atoms with Gasteiger partial charge in [-0.1, -0.05) is 12.1 Å². The molecule has 7 nitrogen and oxygen atoms in total. The first kappa shape index (κ1) is 23.1. The lowest BCUT2D eigenvalue weighted by atomic mass is 9.97. The van der Waals surface area contributed by atoms with Crippen LogP contribution in [-0.2, 0) is 17.9 Å². The number of benzene rings is 1. The van der Waals surface area contributed by atoms with E-state index in [1.807, 2.05) is 49.0 Å². The zero-order valence-electron chi connectivity index (χ0n) is 18.9. The van der Waals surface area contributed by atoms with E-state index < -0.39 is 0 Å². The smallest absolute Gasteiger partial charge is 0.236 e. The Bertz CT molecular complexity index is 873. The molecule has 0 bridgehead atoms. The molecule has 0 saturated carbocycles. The van der Waals surface area contributed by atoms with E-state index in [0.29, 0.717) is 26.2 Å². The van der Waals surface area contributed by atoms with Crippen LogP contribution in [0.5, 0.6) is 0 Å². The van der Waals surface area contributed by atoms with Gasteiger partial charge in [0.1, 0.15) is 17.5 Å². The third-order valence-corrected chi connectivity index (χ3v) is 5.51. The van der Waals surface area contributed by atoms with E-state index in [1.54, 1.807) is 12.1 Å². The number of piperidine rings is 1. The van der Waals surface area contributed by atoms with Crippen molar-refractivity contribution < 1.29 is 9.18 Å². The molecule has 1 fully saturated rings. The van der Waals surface area contributed by atoms with Gasteiger partial charge in [-0.3, -0.25) is 9.69 Å². The van der Waals surface area contributed by atoms with Crippen molar-refractivity contribution in [1.29, 1.82) is 0 Å². The normalized spacial score (nSPS) is 16.6. The van der Waals surface area contributed by atoms with Crippen molar-refractivity contribution in [2.75, 3.05) is 52.7 Å². The molecule has 2 aromatic rings. The van der Waals surface area contributed by atoms with Gasteiger partial charge in [0.15, 0.2) is 0 Å². The molecule has 1 aromatic heterocycles. The van der Waals surface area contributed by atoms with Gasteiger partial charge in [-0.05, 0) is 44.6 Å². The molecule has 0 radical (unpaired) electrons. The number of halogens is 1. The highest BCUT2D eigenvalue weighted by Crippen LogP contribution is 2.26. The molecule has 1 atom stereocenters. The van der Waals surface area contributed by atoms with E-state index in [9.17, 15) is 9.18 Å². The summed E-state index contributed by atoms with van der Waals surface area (Å²) < 4.78 is 13.1. The van der Waals surface area contributed by atoms with Gasteiger partial charge in [0.25, 0.3) is 0 Å². The first-order valence-electron chi connectivity index (χ1n) is 10.8. The first-order chi connectivity index (χ1) is 14.9. The number of nitrogens with one attached hydrogen (secondary N) is 1. The van der Waals surface area contributed by atoms with Gasteiger partial charge in [-0.2, -0.15) is 0 Å². The minimum atomic E-state index is -0.250. The maximum Gasteiger partial charge on any atom is 0.236 e. The number of likely N-dealkylation sites (tertiary alicyclic amines) is 1. The van der Waals surface area contributed by atoms with Crippen molar-refractivity contribution >= 4 is 11.7 Å². The number of carbonyl (C=O) groups is 1. The Hall–Kier alpha value is -2.58. The van der Waals surface area contributed by atoms with Crippen LogP contribution in [-0.4, -0.2) is 73.5 Å².